The Bertz CT molecular complexity index is 860. The van der Waals surface area contributed by atoms with Gasteiger partial charge in [-0.15, -0.1) is 0 Å². The van der Waals surface area contributed by atoms with E-state index in [0.717, 1.165) is 37.7 Å². The highest BCUT2D eigenvalue weighted by Crippen LogP contribution is 2.68. The first kappa shape index (κ1) is 27.4. The quantitative estimate of drug-likeness (QED) is 0.278. The maximum Gasteiger partial charge on any atom is 0.336 e. The second-order valence-corrected chi connectivity index (χ2v) is 19.4. The molecule has 0 aromatic carbocycles. The van der Waals surface area contributed by atoms with Gasteiger partial charge in [-0.3, -0.25) is 0 Å². The van der Waals surface area contributed by atoms with E-state index in [9.17, 15) is 4.79 Å². The predicted octanol–water partition coefficient (Wildman–Crippen LogP) is 8.31. The van der Waals surface area contributed by atoms with Crippen molar-refractivity contribution in [3.05, 3.63) is 11.4 Å². The minimum Gasteiger partial charge on any atom is -0.466 e. The molecule has 0 unspecified atom stereocenters. The highest BCUT2D eigenvalue weighted by molar-refractivity contribution is 6.74. The van der Waals surface area contributed by atoms with Crippen molar-refractivity contribution < 1.29 is 18.3 Å². The lowest BCUT2D eigenvalue weighted by Crippen LogP contribution is -2.53. The summed E-state index contributed by atoms with van der Waals surface area (Å²) in [5.74, 6) is 2.59. The fourth-order valence-electron chi connectivity index (χ4n) is 8.93. The summed E-state index contributed by atoms with van der Waals surface area (Å²) in [6.45, 7) is 20.0. The van der Waals surface area contributed by atoms with Gasteiger partial charge in [0.2, 0.25) is 0 Å². The van der Waals surface area contributed by atoms with Crippen molar-refractivity contribution in [3.8, 4) is 0 Å². The van der Waals surface area contributed by atoms with Gasteiger partial charge in [-0.25, -0.2) is 9.18 Å². The maximum atomic E-state index is 15.6. The summed E-state index contributed by atoms with van der Waals surface area (Å²) in [4.78, 5) is 12.2. The fourth-order valence-corrected chi connectivity index (χ4v) is 10.0. The Morgan fingerprint density at radius 2 is 1.71 bits per heavy atom. The molecule has 0 spiro atoms. The van der Waals surface area contributed by atoms with Crippen molar-refractivity contribution in [1.29, 1.82) is 0 Å². The molecule has 4 aliphatic rings. The Kier molecular flexibility index (Phi) is 7.23. The zero-order chi connectivity index (χ0) is 26.0. The standard InChI is InChI=1S/C30H51FO3Si/c1-19(18-34-35(8,9)28(2,3)4)22-12-13-23-20-10-11-25-26(31)21(27(32)33-7)14-16-30(25,6)24(20)15-17-29(22,23)5/h19-20,22-25H,10-18H2,1-9H3/t19-,20+,22-,23+,24+,25+,29-,30-/m1/s1. The van der Waals surface area contributed by atoms with E-state index in [0.29, 0.717) is 35.2 Å². The average molecular weight is 507 g/mol. The monoisotopic (exact) mass is 506 g/mol. The maximum absolute atomic E-state index is 15.6. The second kappa shape index (κ2) is 9.25. The third kappa shape index (κ3) is 4.39. The Balaban J connectivity index is 1.50. The summed E-state index contributed by atoms with van der Waals surface area (Å²) in [6, 6.07) is 0. The van der Waals surface area contributed by atoms with Crippen molar-refractivity contribution >= 4 is 14.3 Å². The van der Waals surface area contributed by atoms with Gasteiger partial charge >= 0.3 is 5.97 Å². The fraction of sp³-hybridized carbons (Fsp3) is 0.900. The van der Waals surface area contributed by atoms with Crippen LogP contribution < -0.4 is 0 Å². The van der Waals surface area contributed by atoms with Crippen molar-refractivity contribution in [3.63, 3.8) is 0 Å². The number of carbonyl (C=O) groups is 1. The molecule has 0 aromatic heterocycles. The number of fused-ring (bicyclic) bond motifs is 5. The summed E-state index contributed by atoms with van der Waals surface area (Å²) in [7, 11) is -0.375. The average Bonchev–Trinajstić information content (AvgIpc) is 3.13. The summed E-state index contributed by atoms with van der Waals surface area (Å²) in [5.41, 5.74) is 0.660. The number of carbonyl (C=O) groups excluding carboxylic acids is 1. The molecule has 0 radical (unpaired) electrons. The van der Waals surface area contributed by atoms with E-state index in [1.807, 2.05) is 0 Å². The molecule has 8 atom stereocenters. The molecule has 3 saturated carbocycles. The molecule has 200 valence electrons. The van der Waals surface area contributed by atoms with Gasteiger partial charge in [-0.1, -0.05) is 41.5 Å². The van der Waals surface area contributed by atoms with Crippen LogP contribution in [0, 0.1) is 46.3 Å². The Morgan fingerprint density at radius 1 is 1.06 bits per heavy atom. The largest absolute Gasteiger partial charge is 0.466 e. The lowest BCUT2D eigenvalue weighted by atomic mass is 9.45. The van der Waals surface area contributed by atoms with E-state index in [2.05, 4.69) is 54.6 Å². The van der Waals surface area contributed by atoms with Crippen LogP contribution in [0.4, 0.5) is 4.39 Å². The molecular weight excluding hydrogens is 455 g/mol. The molecule has 5 heteroatoms. The number of allylic oxidation sites excluding steroid dienone is 1. The van der Waals surface area contributed by atoms with Gasteiger partial charge in [0.25, 0.3) is 0 Å². The SMILES string of the molecule is COC(=O)C1=C(F)[C@@H]2CC[C@@H]3[C@H](CC[C@]4(C)[C@@H]([C@H](C)CO[Si](C)(C)C(C)(C)C)CC[C@@H]34)[C@@]2(C)CC1. The molecular formula is C30H51FO3Si. The van der Waals surface area contributed by atoms with Crippen LogP contribution in [0.25, 0.3) is 0 Å². The third-order valence-electron chi connectivity index (χ3n) is 12.1. The molecule has 0 saturated heterocycles. The summed E-state index contributed by atoms with van der Waals surface area (Å²) in [6.07, 6.45) is 8.52. The Hall–Kier alpha value is -0.683. The van der Waals surface area contributed by atoms with Gasteiger partial charge in [-0.05, 0) is 110 Å². The topological polar surface area (TPSA) is 35.5 Å². The van der Waals surface area contributed by atoms with Crippen LogP contribution in [0.3, 0.4) is 0 Å². The van der Waals surface area contributed by atoms with Crippen molar-refractivity contribution in [2.75, 3.05) is 13.7 Å². The number of hydrogen-bond donors (Lipinski definition) is 0. The van der Waals surface area contributed by atoms with Crippen molar-refractivity contribution in [2.45, 2.75) is 111 Å². The zero-order valence-corrected chi connectivity index (χ0v) is 24.9. The molecule has 3 fully saturated rings. The number of rotatable bonds is 5. The van der Waals surface area contributed by atoms with Gasteiger partial charge in [0, 0.05) is 12.5 Å². The van der Waals surface area contributed by atoms with Crippen molar-refractivity contribution in [1.82, 2.24) is 0 Å². The third-order valence-corrected chi connectivity index (χ3v) is 16.6. The number of hydrogen-bond acceptors (Lipinski definition) is 3. The summed E-state index contributed by atoms with van der Waals surface area (Å²) < 4.78 is 27.2. The van der Waals surface area contributed by atoms with E-state index in [1.165, 1.54) is 32.8 Å². The molecule has 3 nitrogen and oxygen atoms in total. The lowest BCUT2D eigenvalue weighted by molar-refractivity contribution is -0.138. The lowest BCUT2D eigenvalue weighted by Gasteiger charge is -2.60. The van der Waals surface area contributed by atoms with E-state index < -0.39 is 14.3 Å². The van der Waals surface area contributed by atoms with Crippen LogP contribution in [-0.4, -0.2) is 28.0 Å². The van der Waals surface area contributed by atoms with Crippen LogP contribution in [0.2, 0.25) is 18.1 Å². The van der Waals surface area contributed by atoms with Gasteiger partial charge in [0.1, 0.15) is 5.83 Å². The highest BCUT2D eigenvalue weighted by atomic mass is 28.4. The molecule has 0 heterocycles. The number of esters is 1. The number of ether oxygens (including phenoxy) is 1. The minimum absolute atomic E-state index is 0.0268. The van der Waals surface area contributed by atoms with Crippen LogP contribution in [-0.2, 0) is 14.0 Å². The Morgan fingerprint density at radius 3 is 2.34 bits per heavy atom. The van der Waals surface area contributed by atoms with Crippen LogP contribution in [0.1, 0.15) is 92.9 Å². The molecule has 4 rings (SSSR count). The molecule has 0 aliphatic heterocycles. The molecule has 0 aromatic rings. The van der Waals surface area contributed by atoms with Crippen LogP contribution in [0.15, 0.2) is 11.4 Å². The van der Waals surface area contributed by atoms with Gasteiger partial charge in [0.15, 0.2) is 8.32 Å². The first-order valence-electron chi connectivity index (χ1n) is 14.3. The molecule has 4 aliphatic carbocycles. The molecule has 35 heavy (non-hydrogen) atoms. The van der Waals surface area contributed by atoms with Gasteiger partial charge in [-0.2, -0.15) is 0 Å². The summed E-state index contributed by atoms with van der Waals surface area (Å²) in [5, 5.41) is 0.248. The first-order chi connectivity index (χ1) is 16.2. The molecule has 0 N–H and O–H groups in total. The van der Waals surface area contributed by atoms with E-state index >= 15 is 4.39 Å². The second-order valence-electron chi connectivity index (χ2n) is 14.6. The van der Waals surface area contributed by atoms with E-state index in [1.54, 1.807) is 0 Å². The predicted molar refractivity (Wildman–Crippen MR) is 143 cm³/mol. The van der Waals surface area contributed by atoms with Crippen LogP contribution >= 0.6 is 0 Å². The van der Waals surface area contributed by atoms with E-state index in [-0.39, 0.29) is 22.2 Å². The minimum atomic E-state index is -1.74. The Labute approximate surface area is 215 Å². The number of halogens is 1. The zero-order valence-electron chi connectivity index (χ0n) is 23.9. The van der Waals surface area contributed by atoms with Crippen molar-refractivity contribution in [2.24, 2.45) is 46.3 Å². The van der Waals surface area contributed by atoms with Gasteiger partial charge < -0.3 is 9.16 Å². The summed E-state index contributed by atoms with van der Waals surface area (Å²) >= 11 is 0. The number of methoxy groups -OCH3 is 1. The molecule has 0 bridgehead atoms. The van der Waals surface area contributed by atoms with E-state index in [4.69, 9.17) is 9.16 Å². The molecule has 0 amide bonds. The first-order valence-corrected chi connectivity index (χ1v) is 17.2. The normalized spacial score (nSPS) is 40.6. The van der Waals surface area contributed by atoms with Crippen LogP contribution in [0.5, 0.6) is 0 Å². The smallest absolute Gasteiger partial charge is 0.336 e. The highest BCUT2D eigenvalue weighted by Gasteiger charge is 2.61. The van der Waals surface area contributed by atoms with Gasteiger partial charge in [0.05, 0.1) is 12.7 Å².